The van der Waals surface area contributed by atoms with E-state index in [2.05, 4.69) is 5.32 Å². The van der Waals surface area contributed by atoms with Gasteiger partial charge >= 0.3 is 6.03 Å². The molecule has 3 amide bonds. The van der Waals surface area contributed by atoms with Crippen LogP contribution in [0.5, 0.6) is 5.75 Å². The highest BCUT2D eigenvalue weighted by Crippen LogP contribution is 2.31. The molecule has 1 N–H and O–H groups in total. The second-order valence-electron chi connectivity index (χ2n) is 6.99. The summed E-state index contributed by atoms with van der Waals surface area (Å²) >= 11 is 0. The lowest BCUT2D eigenvalue weighted by Gasteiger charge is -2.36. The number of nitrogens with one attached hydrogen (secondary N) is 1. The first kappa shape index (κ1) is 19.4. The first-order chi connectivity index (χ1) is 13.9. The maximum Gasteiger partial charge on any atom is 0.324 e. The van der Waals surface area contributed by atoms with Gasteiger partial charge in [0.2, 0.25) is 10.0 Å². The van der Waals surface area contributed by atoms with Gasteiger partial charge in [-0.25, -0.2) is 13.2 Å². The van der Waals surface area contributed by atoms with Gasteiger partial charge in [0, 0.05) is 6.54 Å². The van der Waals surface area contributed by atoms with Crippen molar-refractivity contribution in [1.82, 2.24) is 14.5 Å². The minimum Gasteiger partial charge on any atom is -0.497 e. The number of nitrogens with zero attached hydrogens (tertiary/aromatic N) is 2. The summed E-state index contributed by atoms with van der Waals surface area (Å²) in [6, 6.07) is 13.2. The molecule has 0 spiro atoms. The molecule has 0 unspecified atom stereocenters. The molecule has 0 radical (unpaired) electrons. The van der Waals surface area contributed by atoms with Crippen molar-refractivity contribution in [2.75, 3.05) is 13.7 Å². The van der Waals surface area contributed by atoms with Gasteiger partial charge in [0.1, 0.15) is 11.8 Å². The van der Waals surface area contributed by atoms with Crippen molar-refractivity contribution < 1.29 is 22.7 Å². The van der Waals surface area contributed by atoms with Crippen LogP contribution in [0.2, 0.25) is 0 Å². The van der Waals surface area contributed by atoms with E-state index in [9.17, 15) is 18.0 Å². The number of carbonyl (C=O) groups is 2. The van der Waals surface area contributed by atoms with E-state index < -0.39 is 34.0 Å². The van der Waals surface area contributed by atoms with Gasteiger partial charge in [0.15, 0.2) is 0 Å². The molecule has 2 aliphatic heterocycles. The number of urea groups is 1. The van der Waals surface area contributed by atoms with Crippen LogP contribution in [0.3, 0.4) is 0 Å². The topological polar surface area (TPSA) is 96.0 Å². The molecule has 9 heteroatoms. The van der Waals surface area contributed by atoms with Crippen LogP contribution < -0.4 is 10.1 Å². The molecule has 29 heavy (non-hydrogen) atoms. The molecular formula is C20H21N3O5S. The zero-order valence-electron chi connectivity index (χ0n) is 15.8. The van der Waals surface area contributed by atoms with Gasteiger partial charge in [0.25, 0.3) is 5.91 Å². The fourth-order valence-electron chi connectivity index (χ4n) is 3.78. The van der Waals surface area contributed by atoms with E-state index in [1.54, 1.807) is 12.1 Å². The zero-order valence-corrected chi connectivity index (χ0v) is 16.6. The van der Waals surface area contributed by atoms with Crippen molar-refractivity contribution in [3.8, 4) is 5.75 Å². The average molecular weight is 415 g/mol. The predicted octanol–water partition coefficient (Wildman–Crippen LogP) is 1.58. The van der Waals surface area contributed by atoms with E-state index in [-0.39, 0.29) is 18.0 Å². The van der Waals surface area contributed by atoms with E-state index in [1.165, 1.54) is 23.5 Å². The fraction of sp³-hybridized carbons (Fsp3) is 0.300. The molecule has 0 bridgehead atoms. The van der Waals surface area contributed by atoms with Gasteiger partial charge in [0.05, 0.1) is 24.6 Å². The van der Waals surface area contributed by atoms with Crippen molar-refractivity contribution in [3.63, 3.8) is 0 Å². The van der Waals surface area contributed by atoms with Crippen LogP contribution in [0.15, 0.2) is 59.5 Å². The Morgan fingerprint density at radius 1 is 1.07 bits per heavy atom. The zero-order chi connectivity index (χ0) is 20.6. The van der Waals surface area contributed by atoms with Gasteiger partial charge in [-0.2, -0.15) is 4.31 Å². The largest absolute Gasteiger partial charge is 0.497 e. The van der Waals surface area contributed by atoms with Crippen LogP contribution in [0.25, 0.3) is 0 Å². The molecular weight excluding hydrogens is 394 g/mol. The lowest BCUT2D eigenvalue weighted by Crippen LogP contribution is -2.64. The molecule has 2 heterocycles. The minimum absolute atomic E-state index is 0.0817. The highest BCUT2D eigenvalue weighted by atomic mass is 32.2. The molecule has 0 saturated carbocycles. The highest BCUT2D eigenvalue weighted by Gasteiger charge is 2.51. The molecule has 2 atom stereocenters. The Bertz CT molecular complexity index is 1020. The number of hydrogen-bond donors (Lipinski definition) is 1. The third-order valence-corrected chi connectivity index (χ3v) is 7.17. The Balaban J connectivity index is 1.62. The van der Waals surface area contributed by atoms with Crippen LogP contribution in [0.1, 0.15) is 12.0 Å². The standard InChI is InChI=1S/C20H21N3O5S/c1-28-15-7-9-16(10-8-15)29(26,27)23-12-11-17-18(23)19(24)22(20(25)21-17)13-14-5-3-2-4-6-14/h2-10,17-18H,11-13H2,1H3,(H,21,25)/t17-,18-/m0/s1. The Hall–Kier alpha value is -2.91. The summed E-state index contributed by atoms with van der Waals surface area (Å²) in [5.41, 5.74) is 0.789. The average Bonchev–Trinajstić information content (AvgIpc) is 3.16. The maximum atomic E-state index is 13.2. The third-order valence-electron chi connectivity index (χ3n) is 5.27. The Morgan fingerprint density at radius 2 is 1.76 bits per heavy atom. The molecule has 2 aromatic rings. The monoisotopic (exact) mass is 415 g/mol. The summed E-state index contributed by atoms with van der Waals surface area (Å²) in [5.74, 6) is 0.0375. The number of rotatable bonds is 5. The second-order valence-corrected chi connectivity index (χ2v) is 8.88. The van der Waals surface area contributed by atoms with Gasteiger partial charge < -0.3 is 10.1 Å². The molecule has 2 fully saturated rings. The van der Waals surface area contributed by atoms with E-state index in [0.29, 0.717) is 12.2 Å². The minimum atomic E-state index is -3.90. The summed E-state index contributed by atoms with van der Waals surface area (Å²) in [6.07, 6.45) is 0.386. The van der Waals surface area contributed by atoms with E-state index >= 15 is 0 Å². The van der Waals surface area contributed by atoms with Crippen molar-refractivity contribution >= 4 is 22.0 Å². The van der Waals surface area contributed by atoms with Crippen molar-refractivity contribution in [2.24, 2.45) is 0 Å². The number of fused-ring (bicyclic) bond motifs is 1. The fourth-order valence-corrected chi connectivity index (χ4v) is 5.41. The second kappa shape index (κ2) is 7.49. The van der Waals surface area contributed by atoms with Crippen molar-refractivity contribution in [1.29, 1.82) is 0 Å². The smallest absolute Gasteiger partial charge is 0.324 e. The quantitative estimate of drug-likeness (QED) is 0.800. The normalized spacial score (nSPS) is 22.3. The summed E-state index contributed by atoms with van der Waals surface area (Å²) in [7, 11) is -2.40. The number of benzene rings is 2. The molecule has 0 aromatic heterocycles. The van der Waals surface area contributed by atoms with Crippen molar-refractivity contribution in [2.45, 2.75) is 29.9 Å². The van der Waals surface area contributed by atoms with E-state index in [4.69, 9.17) is 4.74 Å². The van der Waals surface area contributed by atoms with Crippen LogP contribution in [-0.4, -0.2) is 55.3 Å². The van der Waals surface area contributed by atoms with Gasteiger partial charge in [-0.05, 0) is 36.2 Å². The number of methoxy groups -OCH3 is 1. The van der Waals surface area contributed by atoms with E-state index in [0.717, 1.165) is 10.5 Å². The van der Waals surface area contributed by atoms with Gasteiger partial charge in [-0.15, -0.1) is 0 Å². The first-order valence-corrected chi connectivity index (χ1v) is 10.7. The Labute approximate surface area is 169 Å². The Kier molecular flexibility index (Phi) is 5.01. The first-order valence-electron chi connectivity index (χ1n) is 9.23. The number of carbonyl (C=O) groups excluding carboxylic acids is 2. The van der Waals surface area contributed by atoms with Crippen LogP contribution in [-0.2, 0) is 21.4 Å². The molecule has 0 aliphatic carbocycles. The lowest BCUT2D eigenvalue weighted by atomic mass is 10.1. The molecule has 2 saturated heterocycles. The van der Waals surface area contributed by atoms with Crippen LogP contribution in [0.4, 0.5) is 4.79 Å². The van der Waals surface area contributed by atoms with Crippen LogP contribution in [0, 0.1) is 0 Å². The number of hydrogen-bond acceptors (Lipinski definition) is 5. The molecule has 152 valence electrons. The number of ether oxygens (including phenoxy) is 1. The molecule has 8 nitrogen and oxygen atoms in total. The van der Waals surface area contributed by atoms with Gasteiger partial charge in [-0.3, -0.25) is 9.69 Å². The van der Waals surface area contributed by atoms with Crippen molar-refractivity contribution in [3.05, 3.63) is 60.2 Å². The SMILES string of the molecule is COc1ccc(S(=O)(=O)N2CC[C@@H]3NC(=O)N(Cc4ccccc4)C(=O)[C@H]32)cc1. The summed E-state index contributed by atoms with van der Waals surface area (Å²) in [4.78, 5) is 26.8. The lowest BCUT2D eigenvalue weighted by molar-refractivity contribution is -0.134. The summed E-state index contributed by atoms with van der Waals surface area (Å²) in [5, 5.41) is 2.79. The molecule has 2 aliphatic rings. The Morgan fingerprint density at radius 3 is 2.41 bits per heavy atom. The molecule has 4 rings (SSSR count). The predicted molar refractivity (Wildman–Crippen MR) is 105 cm³/mol. The maximum absolute atomic E-state index is 13.2. The summed E-state index contributed by atoms with van der Waals surface area (Å²) in [6.45, 7) is 0.250. The summed E-state index contributed by atoms with van der Waals surface area (Å²) < 4.78 is 32.6. The number of imide groups is 1. The number of sulfonamides is 1. The number of amides is 3. The van der Waals surface area contributed by atoms with Crippen LogP contribution >= 0.6 is 0 Å². The molecule has 2 aromatic carbocycles. The highest BCUT2D eigenvalue weighted by molar-refractivity contribution is 7.89. The third kappa shape index (κ3) is 3.47. The van der Waals surface area contributed by atoms with Gasteiger partial charge in [-0.1, -0.05) is 30.3 Å². The van der Waals surface area contributed by atoms with E-state index in [1.807, 2.05) is 30.3 Å².